The molecule has 0 atom stereocenters. The van der Waals surface area contributed by atoms with E-state index in [4.69, 9.17) is 5.26 Å². The lowest BCUT2D eigenvalue weighted by molar-refractivity contribution is 0.463. The summed E-state index contributed by atoms with van der Waals surface area (Å²) >= 11 is 0. The highest BCUT2D eigenvalue weighted by Crippen LogP contribution is 2.16. The smallest absolute Gasteiger partial charge is 0.194 e. The van der Waals surface area contributed by atoms with Crippen LogP contribution < -0.4 is 5.32 Å². The van der Waals surface area contributed by atoms with E-state index >= 15 is 0 Å². The summed E-state index contributed by atoms with van der Waals surface area (Å²) in [7, 11) is 1.90. The third kappa shape index (κ3) is 5.20. The number of guanidine groups is 1. The SMILES string of the molecule is CCNC(=NCc1ccc(C#N)cc1F)N(C)Cc1ncc(-c2ccccc2)[nH]1. The summed E-state index contributed by atoms with van der Waals surface area (Å²) in [5.74, 6) is 1.03. The van der Waals surface area contributed by atoms with Gasteiger partial charge in [-0.15, -0.1) is 0 Å². The molecule has 2 N–H and O–H groups in total. The molecule has 3 aromatic rings. The second kappa shape index (κ2) is 9.51. The number of halogens is 1. The molecule has 0 radical (unpaired) electrons. The Balaban J connectivity index is 1.71. The monoisotopic (exact) mass is 390 g/mol. The molecule has 3 rings (SSSR count). The lowest BCUT2D eigenvalue weighted by Crippen LogP contribution is -2.38. The number of aromatic nitrogens is 2. The zero-order chi connectivity index (χ0) is 20.6. The third-order valence-corrected chi connectivity index (χ3v) is 4.38. The summed E-state index contributed by atoms with van der Waals surface area (Å²) in [4.78, 5) is 14.2. The summed E-state index contributed by atoms with van der Waals surface area (Å²) in [5.41, 5.74) is 2.77. The van der Waals surface area contributed by atoms with Gasteiger partial charge in [-0.25, -0.2) is 14.4 Å². The highest BCUT2D eigenvalue weighted by molar-refractivity contribution is 5.79. The third-order valence-electron chi connectivity index (χ3n) is 4.38. The Hall–Kier alpha value is -3.66. The molecular formula is C22H23FN6. The van der Waals surface area contributed by atoms with E-state index in [9.17, 15) is 4.39 Å². The van der Waals surface area contributed by atoms with Gasteiger partial charge in [-0.05, 0) is 24.6 Å². The maximum absolute atomic E-state index is 14.1. The van der Waals surface area contributed by atoms with Gasteiger partial charge >= 0.3 is 0 Å². The van der Waals surface area contributed by atoms with Crippen molar-refractivity contribution in [3.05, 3.63) is 77.5 Å². The molecule has 148 valence electrons. The van der Waals surface area contributed by atoms with Crippen LogP contribution in [0.3, 0.4) is 0 Å². The molecule has 0 amide bonds. The summed E-state index contributed by atoms with van der Waals surface area (Å²) in [6.45, 7) is 3.37. The van der Waals surface area contributed by atoms with E-state index in [0.717, 1.165) is 17.1 Å². The largest absolute Gasteiger partial charge is 0.357 e. The first-order valence-electron chi connectivity index (χ1n) is 9.38. The van der Waals surface area contributed by atoms with Crippen LogP contribution in [0, 0.1) is 17.1 Å². The van der Waals surface area contributed by atoms with Crippen LogP contribution in [0.2, 0.25) is 0 Å². The predicted molar refractivity (Wildman–Crippen MR) is 111 cm³/mol. The van der Waals surface area contributed by atoms with Gasteiger partial charge in [0.2, 0.25) is 0 Å². The number of nitrogens with one attached hydrogen (secondary N) is 2. The van der Waals surface area contributed by atoms with Crippen molar-refractivity contribution in [2.24, 2.45) is 4.99 Å². The van der Waals surface area contributed by atoms with Gasteiger partial charge in [0, 0.05) is 19.2 Å². The molecular weight excluding hydrogens is 367 g/mol. The van der Waals surface area contributed by atoms with Crippen molar-refractivity contribution < 1.29 is 4.39 Å². The average Bonchev–Trinajstić information content (AvgIpc) is 3.20. The molecule has 0 aliphatic heterocycles. The molecule has 0 spiro atoms. The van der Waals surface area contributed by atoms with E-state index in [1.165, 1.54) is 6.07 Å². The standard InChI is InChI=1S/C22H23FN6/c1-3-25-22(27-13-18-10-9-16(12-24)11-19(18)23)29(2)15-21-26-14-20(28-21)17-7-5-4-6-8-17/h4-11,14H,3,13,15H2,1-2H3,(H,25,27)(H,26,28). The number of nitrogens with zero attached hydrogens (tertiary/aromatic N) is 4. The molecule has 0 unspecified atom stereocenters. The van der Waals surface area contributed by atoms with E-state index in [-0.39, 0.29) is 6.54 Å². The molecule has 0 saturated heterocycles. The normalized spacial score (nSPS) is 11.2. The van der Waals surface area contributed by atoms with Gasteiger partial charge in [-0.2, -0.15) is 5.26 Å². The lowest BCUT2D eigenvalue weighted by atomic mass is 10.1. The number of hydrogen-bond donors (Lipinski definition) is 2. The first kappa shape index (κ1) is 20.1. The number of nitriles is 1. The zero-order valence-electron chi connectivity index (χ0n) is 16.5. The number of benzene rings is 2. The van der Waals surface area contributed by atoms with Crippen LogP contribution in [0.1, 0.15) is 23.9 Å². The van der Waals surface area contributed by atoms with Crippen molar-refractivity contribution in [3.63, 3.8) is 0 Å². The van der Waals surface area contributed by atoms with Gasteiger partial charge in [0.25, 0.3) is 0 Å². The first-order valence-corrected chi connectivity index (χ1v) is 9.38. The van der Waals surface area contributed by atoms with Gasteiger partial charge < -0.3 is 15.2 Å². The molecule has 0 aliphatic rings. The minimum Gasteiger partial charge on any atom is -0.357 e. The Morgan fingerprint density at radius 3 is 2.76 bits per heavy atom. The average molecular weight is 390 g/mol. The molecule has 6 nitrogen and oxygen atoms in total. The number of aliphatic imine (C=N–C) groups is 1. The molecule has 0 aliphatic carbocycles. The zero-order valence-corrected chi connectivity index (χ0v) is 16.5. The van der Waals surface area contributed by atoms with Crippen LogP contribution in [-0.2, 0) is 13.1 Å². The molecule has 0 saturated carbocycles. The van der Waals surface area contributed by atoms with E-state index in [0.29, 0.717) is 30.2 Å². The summed E-state index contributed by atoms with van der Waals surface area (Å²) in [6.07, 6.45) is 1.81. The second-order valence-electron chi connectivity index (χ2n) is 6.55. The molecule has 1 heterocycles. The topological polar surface area (TPSA) is 80.1 Å². The lowest BCUT2D eigenvalue weighted by Gasteiger charge is -2.21. The highest BCUT2D eigenvalue weighted by atomic mass is 19.1. The maximum atomic E-state index is 14.1. The Labute approximate surface area is 169 Å². The minimum atomic E-state index is -0.426. The van der Waals surface area contributed by atoms with Crippen molar-refractivity contribution in [1.29, 1.82) is 5.26 Å². The minimum absolute atomic E-state index is 0.178. The first-order chi connectivity index (χ1) is 14.1. The molecule has 2 aromatic carbocycles. The number of H-pyrrole nitrogens is 1. The predicted octanol–water partition coefficient (Wildman–Crippen LogP) is 3.68. The van der Waals surface area contributed by atoms with E-state index in [2.05, 4.69) is 20.3 Å². The number of rotatable bonds is 6. The van der Waals surface area contributed by atoms with Gasteiger partial charge in [-0.1, -0.05) is 36.4 Å². The Kier molecular flexibility index (Phi) is 6.59. The summed E-state index contributed by atoms with van der Waals surface area (Å²) in [6, 6.07) is 16.4. The molecule has 0 fully saturated rings. The highest BCUT2D eigenvalue weighted by Gasteiger charge is 2.11. The van der Waals surface area contributed by atoms with Crippen LogP contribution >= 0.6 is 0 Å². The molecule has 7 heteroatoms. The van der Waals surface area contributed by atoms with Crippen LogP contribution in [0.4, 0.5) is 4.39 Å². The fourth-order valence-corrected chi connectivity index (χ4v) is 2.88. The van der Waals surface area contributed by atoms with Gasteiger partial charge in [0.05, 0.1) is 36.6 Å². The Morgan fingerprint density at radius 2 is 2.07 bits per heavy atom. The Morgan fingerprint density at radius 1 is 1.28 bits per heavy atom. The fourth-order valence-electron chi connectivity index (χ4n) is 2.88. The number of imidazole rings is 1. The van der Waals surface area contributed by atoms with E-state index in [1.807, 2.05) is 61.5 Å². The van der Waals surface area contributed by atoms with Crippen molar-refractivity contribution in [3.8, 4) is 17.3 Å². The van der Waals surface area contributed by atoms with Gasteiger partial charge in [0.1, 0.15) is 11.6 Å². The molecule has 29 heavy (non-hydrogen) atoms. The molecule has 0 bridgehead atoms. The van der Waals surface area contributed by atoms with Crippen LogP contribution in [-0.4, -0.2) is 34.4 Å². The fraction of sp³-hybridized carbons (Fsp3) is 0.227. The Bertz CT molecular complexity index is 1020. The van der Waals surface area contributed by atoms with Gasteiger partial charge in [-0.3, -0.25) is 0 Å². The van der Waals surface area contributed by atoms with E-state index < -0.39 is 5.82 Å². The second-order valence-corrected chi connectivity index (χ2v) is 6.55. The van der Waals surface area contributed by atoms with Gasteiger partial charge in [0.15, 0.2) is 5.96 Å². The van der Waals surface area contributed by atoms with Crippen LogP contribution in [0.15, 0.2) is 59.7 Å². The summed E-state index contributed by atoms with van der Waals surface area (Å²) < 4.78 is 14.1. The van der Waals surface area contributed by atoms with E-state index in [1.54, 1.807) is 12.1 Å². The van der Waals surface area contributed by atoms with Crippen LogP contribution in [0.5, 0.6) is 0 Å². The number of aromatic amines is 1. The van der Waals surface area contributed by atoms with Crippen molar-refractivity contribution in [2.75, 3.05) is 13.6 Å². The quantitative estimate of drug-likeness (QED) is 0.497. The molecule has 1 aromatic heterocycles. The number of hydrogen-bond acceptors (Lipinski definition) is 3. The maximum Gasteiger partial charge on any atom is 0.194 e. The van der Waals surface area contributed by atoms with Crippen LogP contribution in [0.25, 0.3) is 11.3 Å². The van der Waals surface area contributed by atoms with Crippen molar-refractivity contribution >= 4 is 5.96 Å². The summed E-state index contributed by atoms with van der Waals surface area (Å²) in [5, 5.41) is 12.1. The van der Waals surface area contributed by atoms with Crippen molar-refractivity contribution in [2.45, 2.75) is 20.0 Å². The van der Waals surface area contributed by atoms with Crippen molar-refractivity contribution in [1.82, 2.24) is 20.2 Å².